The molecule has 5 heteroatoms. The second-order valence-electron chi connectivity index (χ2n) is 9.30. The lowest BCUT2D eigenvalue weighted by molar-refractivity contribution is -0.0000247. The second-order valence-corrected chi connectivity index (χ2v) is 12.8. The number of hydrogen-bond acceptors (Lipinski definition) is 2. The van der Waals surface area contributed by atoms with Gasteiger partial charge in [-0.05, 0) is 74.9 Å². The van der Waals surface area contributed by atoms with E-state index in [2.05, 4.69) is 108 Å². The van der Waals surface area contributed by atoms with Crippen LogP contribution in [0.5, 0.6) is 0 Å². The summed E-state index contributed by atoms with van der Waals surface area (Å²) in [4.78, 5) is 12.4. The van der Waals surface area contributed by atoms with Crippen molar-refractivity contribution in [2.45, 2.75) is 32.5 Å². The Labute approximate surface area is 219 Å². The molecule has 4 aromatic rings. The molecule has 0 aliphatic heterocycles. The third-order valence-electron chi connectivity index (χ3n) is 5.58. The van der Waals surface area contributed by atoms with Crippen LogP contribution >= 0.6 is 7.26 Å². The molecule has 0 spiro atoms. The van der Waals surface area contributed by atoms with Gasteiger partial charge in [0.25, 0.3) is 0 Å². The molecular weight excluding hydrogens is 517 g/mol. The fourth-order valence-corrected chi connectivity index (χ4v) is 8.44. The molecule has 0 heterocycles. The maximum absolute atomic E-state index is 12.4. The zero-order valence-corrected chi connectivity index (χ0v) is 22.8. The van der Waals surface area contributed by atoms with Gasteiger partial charge in [-0.3, -0.25) is 5.32 Å². The van der Waals surface area contributed by atoms with E-state index in [1.165, 1.54) is 21.5 Å². The lowest BCUT2D eigenvalue weighted by Crippen LogP contribution is -3.00. The second kappa shape index (κ2) is 11.7. The van der Waals surface area contributed by atoms with E-state index >= 15 is 0 Å². The topological polar surface area (TPSA) is 38.3 Å². The summed E-state index contributed by atoms with van der Waals surface area (Å²) in [7, 11) is -2.01. The first kappa shape index (κ1) is 26.7. The standard InChI is InChI=1S/C30H30NO2P.BrH/c1-30(2,3)33-29(32)31-25-15-13-14-24(22-25)23-34(26-16-7-4-8-17-26,27-18-9-5-10-19-27)28-20-11-6-12-21-28;/h4-22H,23H2,1-3H3;1H. The summed E-state index contributed by atoms with van der Waals surface area (Å²) in [5, 5.41) is 6.89. The Morgan fingerprint density at radius 3 is 1.60 bits per heavy atom. The van der Waals surface area contributed by atoms with Crippen molar-refractivity contribution in [3.63, 3.8) is 0 Å². The molecule has 180 valence electrons. The number of benzene rings is 4. The SMILES string of the molecule is CC(C)(C)OC(=O)Nc1cccc(C[P+](c2ccccc2)(c2ccccc2)c2ccccc2)c1.[Br-]. The quantitative estimate of drug-likeness (QED) is 0.375. The Kier molecular flexibility index (Phi) is 8.88. The smallest absolute Gasteiger partial charge is 0.412 e. The van der Waals surface area contributed by atoms with Crippen LogP contribution in [0.1, 0.15) is 26.3 Å². The minimum Gasteiger partial charge on any atom is -1.00 e. The minimum absolute atomic E-state index is 0. The van der Waals surface area contributed by atoms with Crippen molar-refractivity contribution in [2.75, 3.05) is 5.32 Å². The number of carbonyl (C=O) groups excluding carboxylic acids is 1. The Balaban J connectivity index is 0.00000342. The number of nitrogens with one attached hydrogen (secondary N) is 1. The van der Waals surface area contributed by atoms with Gasteiger partial charge >= 0.3 is 6.09 Å². The van der Waals surface area contributed by atoms with Crippen molar-refractivity contribution in [3.8, 4) is 0 Å². The van der Waals surface area contributed by atoms with Crippen molar-refractivity contribution in [1.82, 2.24) is 0 Å². The number of ether oxygens (including phenoxy) is 1. The number of carbonyl (C=O) groups is 1. The predicted octanol–water partition coefficient (Wildman–Crippen LogP) is 3.53. The van der Waals surface area contributed by atoms with Crippen LogP contribution < -0.4 is 38.2 Å². The number of amides is 1. The number of halogens is 1. The third-order valence-corrected chi connectivity index (χ3v) is 9.96. The normalized spacial score (nSPS) is 11.3. The molecule has 4 rings (SSSR count). The molecule has 0 aliphatic rings. The molecule has 1 N–H and O–H groups in total. The fourth-order valence-electron chi connectivity index (χ4n) is 4.21. The molecule has 0 aliphatic carbocycles. The molecule has 3 nitrogen and oxygen atoms in total. The van der Waals surface area contributed by atoms with Gasteiger partial charge in [-0.15, -0.1) is 0 Å². The van der Waals surface area contributed by atoms with Crippen LogP contribution in [0, 0.1) is 0 Å². The summed E-state index contributed by atoms with van der Waals surface area (Å²) in [6.45, 7) is 5.59. The average Bonchev–Trinajstić information content (AvgIpc) is 2.83. The summed E-state index contributed by atoms with van der Waals surface area (Å²) in [5.41, 5.74) is 1.36. The van der Waals surface area contributed by atoms with Gasteiger partial charge < -0.3 is 21.7 Å². The predicted molar refractivity (Wildman–Crippen MR) is 145 cm³/mol. The van der Waals surface area contributed by atoms with Gasteiger partial charge in [0.2, 0.25) is 0 Å². The van der Waals surface area contributed by atoms with Gasteiger partial charge in [0.1, 0.15) is 28.8 Å². The van der Waals surface area contributed by atoms with Crippen LogP contribution in [0.15, 0.2) is 115 Å². The first-order valence-corrected chi connectivity index (χ1v) is 13.5. The molecule has 35 heavy (non-hydrogen) atoms. The van der Waals surface area contributed by atoms with E-state index in [0.717, 1.165) is 11.8 Å². The summed E-state index contributed by atoms with van der Waals surface area (Å²) in [6, 6.07) is 40.5. The monoisotopic (exact) mass is 547 g/mol. The molecule has 0 unspecified atom stereocenters. The Bertz CT molecular complexity index is 1130. The van der Waals surface area contributed by atoms with Crippen molar-refractivity contribution in [3.05, 3.63) is 121 Å². The lowest BCUT2D eigenvalue weighted by Gasteiger charge is -2.28. The number of hydrogen-bond donors (Lipinski definition) is 1. The zero-order valence-electron chi connectivity index (χ0n) is 20.3. The van der Waals surface area contributed by atoms with Gasteiger partial charge in [-0.2, -0.15) is 0 Å². The van der Waals surface area contributed by atoms with Crippen molar-refractivity contribution >= 4 is 35.0 Å². The van der Waals surface area contributed by atoms with Crippen LogP contribution in [-0.4, -0.2) is 11.7 Å². The maximum atomic E-state index is 12.4. The molecule has 0 saturated carbocycles. The number of anilines is 1. The molecule has 0 saturated heterocycles. The van der Waals surface area contributed by atoms with Crippen LogP contribution in [0.25, 0.3) is 0 Å². The van der Waals surface area contributed by atoms with Gasteiger partial charge in [-0.1, -0.05) is 66.7 Å². The van der Waals surface area contributed by atoms with Crippen LogP contribution in [0.2, 0.25) is 0 Å². The third kappa shape index (κ3) is 6.60. The summed E-state index contributed by atoms with van der Waals surface area (Å²) >= 11 is 0. The first-order valence-electron chi connectivity index (χ1n) is 11.5. The summed E-state index contributed by atoms with van der Waals surface area (Å²) in [6.07, 6.45) is 0.398. The Morgan fingerprint density at radius 1 is 0.714 bits per heavy atom. The lowest BCUT2D eigenvalue weighted by atomic mass is 10.2. The van der Waals surface area contributed by atoms with Gasteiger partial charge in [0, 0.05) is 5.69 Å². The maximum Gasteiger partial charge on any atom is 0.412 e. The molecule has 4 aromatic carbocycles. The molecule has 0 radical (unpaired) electrons. The summed E-state index contributed by atoms with van der Waals surface area (Å²) in [5.74, 6) is 0. The van der Waals surface area contributed by atoms with Crippen LogP contribution in [-0.2, 0) is 10.9 Å². The Morgan fingerprint density at radius 2 is 1.17 bits per heavy atom. The van der Waals surface area contributed by atoms with Crippen LogP contribution in [0.4, 0.5) is 10.5 Å². The van der Waals surface area contributed by atoms with Gasteiger partial charge in [0.15, 0.2) is 0 Å². The molecule has 0 atom stereocenters. The van der Waals surface area contributed by atoms with Crippen molar-refractivity contribution in [2.24, 2.45) is 0 Å². The highest BCUT2D eigenvalue weighted by Gasteiger charge is 2.45. The molecule has 1 amide bonds. The van der Waals surface area contributed by atoms with Crippen LogP contribution in [0.3, 0.4) is 0 Å². The van der Waals surface area contributed by atoms with E-state index in [-0.39, 0.29) is 17.0 Å². The summed E-state index contributed by atoms with van der Waals surface area (Å²) < 4.78 is 5.45. The molecular formula is C30H31BrNO2P. The molecule has 0 bridgehead atoms. The van der Waals surface area contributed by atoms with E-state index in [1.807, 2.05) is 32.9 Å². The van der Waals surface area contributed by atoms with Gasteiger partial charge in [-0.25, -0.2) is 4.79 Å². The highest BCUT2D eigenvalue weighted by atomic mass is 79.9. The Hall–Kier alpha value is -2.94. The minimum atomic E-state index is -2.01. The van der Waals surface area contributed by atoms with Crippen molar-refractivity contribution < 1.29 is 26.5 Å². The molecule has 0 fully saturated rings. The average molecular weight is 548 g/mol. The molecule has 0 aromatic heterocycles. The van der Waals surface area contributed by atoms with E-state index < -0.39 is 19.0 Å². The first-order chi connectivity index (χ1) is 16.4. The van der Waals surface area contributed by atoms with E-state index in [9.17, 15) is 4.79 Å². The zero-order chi connectivity index (χ0) is 24.0. The number of rotatable bonds is 6. The van der Waals surface area contributed by atoms with E-state index in [4.69, 9.17) is 4.74 Å². The van der Waals surface area contributed by atoms with E-state index in [1.54, 1.807) is 0 Å². The largest absolute Gasteiger partial charge is 1.00 e. The van der Waals surface area contributed by atoms with E-state index in [0.29, 0.717) is 0 Å². The highest BCUT2D eigenvalue weighted by molar-refractivity contribution is 7.95. The highest BCUT2D eigenvalue weighted by Crippen LogP contribution is 2.58. The fraction of sp³-hybridized carbons (Fsp3) is 0.167. The van der Waals surface area contributed by atoms with Crippen molar-refractivity contribution in [1.29, 1.82) is 0 Å². The van der Waals surface area contributed by atoms with Gasteiger partial charge in [0.05, 0.1) is 6.16 Å².